The smallest absolute Gasteiger partial charge is 0.330 e. The minimum atomic E-state index is -2.12. The molecule has 1 aromatic heterocycles. The molecule has 11 nitrogen and oxygen atoms in total. The molecule has 0 bridgehead atoms. The number of nitrogens with two attached hydrogens (primary N) is 1. The van der Waals surface area contributed by atoms with Gasteiger partial charge in [0.05, 0.1) is 12.7 Å². The van der Waals surface area contributed by atoms with Crippen molar-refractivity contribution >= 4 is 14.2 Å². The molecular weight excluding hydrogens is 319 g/mol. The number of aliphatic hydroxyl groups excluding tert-OH is 2. The zero-order valence-corrected chi connectivity index (χ0v) is 12.6. The molecule has 12 heteroatoms. The van der Waals surface area contributed by atoms with Gasteiger partial charge in [-0.1, -0.05) is 0 Å². The monoisotopic (exact) mass is 338 g/mol. The van der Waals surface area contributed by atoms with Gasteiger partial charge >= 0.3 is 5.69 Å². The standard InChI is InChI=1S/C10H15N3O5.H4NO2P/c1-11-5-3-13(10(17)12-9(5)16)8-2-6(15)7(4-14)18-8;1-4(2)3/h3,6-8,11,14-15H,2,4H2,1H3,(H,12,16,17);2-3H,1H2/t6-,7+,8+;/m0./s1. The maximum Gasteiger partial charge on any atom is 0.330 e. The predicted octanol–water partition coefficient (Wildman–Crippen LogP) is -2.62. The van der Waals surface area contributed by atoms with Crippen molar-refractivity contribution in [2.24, 2.45) is 5.50 Å². The van der Waals surface area contributed by atoms with E-state index in [-0.39, 0.29) is 18.7 Å². The van der Waals surface area contributed by atoms with Crippen LogP contribution in [0.25, 0.3) is 0 Å². The molecule has 3 atom stereocenters. The van der Waals surface area contributed by atoms with E-state index >= 15 is 0 Å². The molecule has 1 fully saturated rings. The fourth-order valence-corrected chi connectivity index (χ4v) is 1.93. The van der Waals surface area contributed by atoms with Gasteiger partial charge < -0.3 is 30.1 Å². The topological polar surface area (TPSA) is 183 Å². The Bertz CT molecular complexity index is 587. The largest absolute Gasteiger partial charge is 0.394 e. The van der Waals surface area contributed by atoms with Gasteiger partial charge in [0.2, 0.25) is 8.53 Å². The highest BCUT2D eigenvalue weighted by molar-refractivity contribution is 7.42. The Morgan fingerprint density at radius 2 is 2.14 bits per heavy atom. The molecule has 2 heterocycles. The van der Waals surface area contributed by atoms with Gasteiger partial charge in [-0.3, -0.25) is 19.8 Å². The van der Waals surface area contributed by atoms with Crippen LogP contribution in [0.1, 0.15) is 12.6 Å². The van der Waals surface area contributed by atoms with Crippen molar-refractivity contribution in [1.82, 2.24) is 9.55 Å². The van der Waals surface area contributed by atoms with Gasteiger partial charge in [0.15, 0.2) is 0 Å². The summed E-state index contributed by atoms with van der Waals surface area (Å²) in [6.45, 7) is -0.325. The molecule has 0 amide bonds. The highest BCUT2D eigenvalue weighted by Crippen LogP contribution is 2.27. The summed E-state index contributed by atoms with van der Waals surface area (Å²) in [7, 11) is -0.565. The van der Waals surface area contributed by atoms with Crippen molar-refractivity contribution in [3.05, 3.63) is 27.0 Å². The van der Waals surface area contributed by atoms with Crippen LogP contribution < -0.4 is 22.1 Å². The Morgan fingerprint density at radius 3 is 2.59 bits per heavy atom. The van der Waals surface area contributed by atoms with E-state index in [0.717, 1.165) is 0 Å². The van der Waals surface area contributed by atoms with Crippen molar-refractivity contribution in [2.75, 3.05) is 19.0 Å². The number of nitrogens with one attached hydrogen (secondary N) is 2. The Kier molecular flexibility index (Phi) is 7.10. The molecule has 1 saturated heterocycles. The van der Waals surface area contributed by atoms with Gasteiger partial charge in [0.25, 0.3) is 5.56 Å². The van der Waals surface area contributed by atoms with Crippen LogP contribution in [-0.2, 0) is 4.74 Å². The third-order valence-electron chi connectivity index (χ3n) is 2.93. The quantitative estimate of drug-likeness (QED) is 0.290. The predicted molar refractivity (Wildman–Crippen MR) is 78.0 cm³/mol. The highest BCUT2D eigenvalue weighted by atomic mass is 31.2. The number of aromatic nitrogens is 2. The van der Waals surface area contributed by atoms with Crippen LogP contribution in [0.15, 0.2) is 15.8 Å². The average Bonchev–Trinajstić information content (AvgIpc) is 2.79. The fraction of sp³-hybridized carbons (Fsp3) is 0.600. The lowest BCUT2D eigenvalue weighted by molar-refractivity contribution is -0.0458. The lowest BCUT2D eigenvalue weighted by Gasteiger charge is -2.15. The Balaban J connectivity index is 0.000000541. The fourth-order valence-electron chi connectivity index (χ4n) is 1.93. The molecule has 0 radical (unpaired) electrons. The molecule has 1 aliphatic heterocycles. The number of aliphatic hydroxyl groups is 2. The van der Waals surface area contributed by atoms with Gasteiger partial charge in [0.1, 0.15) is 18.0 Å². The SMILES string of the molecule is CNc1cn([C@H]2C[C@H](O)[C@@H](CO)O2)c(=O)[nH]c1=O.NP(O)O. The molecular formula is C10H19N4O7P. The molecule has 126 valence electrons. The number of H-pyrrole nitrogens is 1. The van der Waals surface area contributed by atoms with E-state index in [1.54, 1.807) is 7.05 Å². The summed E-state index contributed by atoms with van der Waals surface area (Å²) in [6.07, 6.45) is -0.740. The van der Waals surface area contributed by atoms with Crippen LogP contribution in [-0.4, -0.2) is 55.4 Å². The summed E-state index contributed by atoms with van der Waals surface area (Å²) in [5.41, 5.74) is 3.38. The number of ether oxygens (including phenoxy) is 1. The van der Waals surface area contributed by atoms with Crippen molar-refractivity contribution in [1.29, 1.82) is 0 Å². The first-order valence-corrected chi connectivity index (χ1v) is 7.52. The van der Waals surface area contributed by atoms with E-state index in [1.165, 1.54) is 10.8 Å². The van der Waals surface area contributed by atoms with Gasteiger partial charge in [-0.2, -0.15) is 0 Å². The Morgan fingerprint density at radius 1 is 1.55 bits per heavy atom. The maximum atomic E-state index is 11.7. The molecule has 22 heavy (non-hydrogen) atoms. The molecule has 0 aromatic carbocycles. The van der Waals surface area contributed by atoms with Crippen molar-refractivity contribution in [2.45, 2.75) is 24.9 Å². The van der Waals surface area contributed by atoms with Crippen molar-refractivity contribution in [3.8, 4) is 0 Å². The van der Waals surface area contributed by atoms with E-state index < -0.39 is 38.2 Å². The van der Waals surface area contributed by atoms with E-state index in [4.69, 9.17) is 19.6 Å². The first-order chi connectivity index (χ1) is 10.3. The zero-order valence-electron chi connectivity index (χ0n) is 11.7. The van der Waals surface area contributed by atoms with Gasteiger partial charge in [0, 0.05) is 19.7 Å². The number of anilines is 1. The second-order valence-corrected chi connectivity index (χ2v) is 5.04. The Hall–Kier alpha value is -1.33. The number of rotatable bonds is 3. The summed E-state index contributed by atoms with van der Waals surface area (Å²) in [4.78, 5) is 40.1. The molecule has 2 rings (SSSR count). The molecule has 0 unspecified atom stereocenters. The maximum absolute atomic E-state index is 11.7. The molecule has 0 spiro atoms. The summed E-state index contributed by atoms with van der Waals surface area (Å²) < 4.78 is 6.53. The lowest BCUT2D eigenvalue weighted by Crippen LogP contribution is -2.33. The van der Waals surface area contributed by atoms with Crippen LogP contribution >= 0.6 is 8.53 Å². The summed E-state index contributed by atoms with van der Waals surface area (Å²) >= 11 is 0. The highest BCUT2D eigenvalue weighted by Gasteiger charge is 2.35. The van der Waals surface area contributed by atoms with E-state index in [2.05, 4.69) is 15.8 Å². The molecule has 8 N–H and O–H groups in total. The summed E-state index contributed by atoms with van der Waals surface area (Å²) in [5, 5.41) is 21.2. The second kappa shape index (κ2) is 8.34. The van der Waals surface area contributed by atoms with Gasteiger partial charge in [-0.15, -0.1) is 0 Å². The van der Waals surface area contributed by atoms with E-state index in [1.807, 2.05) is 0 Å². The summed E-state index contributed by atoms with van der Waals surface area (Å²) in [6, 6.07) is 0. The van der Waals surface area contributed by atoms with Crippen LogP contribution in [0.5, 0.6) is 0 Å². The Labute approximate surface area is 126 Å². The van der Waals surface area contributed by atoms with Gasteiger partial charge in [-0.25, -0.2) is 4.79 Å². The molecule has 0 aliphatic carbocycles. The number of aromatic amines is 1. The number of nitrogens with zero attached hydrogens (tertiary/aromatic N) is 1. The lowest BCUT2D eigenvalue weighted by atomic mass is 10.2. The second-order valence-electron chi connectivity index (χ2n) is 4.39. The molecule has 1 aliphatic rings. The van der Waals surface area contributed by atoms with Gasteiger partial charge in [-0.05, 0) is 0 Å². The first kappa shape index (κ1) is 18.7. The van der Waals surface area contributed by atoms with Crippen molar-refractivity contribution < 1.29 is 24.7 Å². The third kappa shape index (κ3) is 4.85. The minimum Gasteiger partial charge on any atom is -0.394 e. The number of hydrogen-bond donors (Lipinski definition) is 7. The summed E-state index contributed by atoms with van der Waals surface area (Å²) in [5.74, 6) is 0. The van der Waals surface area contributed by atoms with Crippen molar-refractivity contribution in [3.63, 3.8) is 0 Å². The van der Waals surface area contributed by atoms with E-state index in [9.17, 15) is 14.7 Å². The van der Waals surface area contributed by atoms with Crippen LogP contribution in [0, 0.1) is 0 Å². The van der Waals surface area contributed by atoms with Crippen LogP contribution in [0.2, 0.25) is 0 Å². The molecule has 1 aromatic rings. The first-order valence-electron chi connectivity index (χ1n) is 6.20. The van der Waals surface area contributed by atoms with Crippen LogP contribution in [0.3, 0.4) is 0 Å². The van der Waals surface area contributed by atoms with E-state index in [0.29, 0.717) is 0 Å². The molecule has 0 saturated carbocycles. The minimum absolute atomic E-state index is 0.181. The third-order valence-corrected chi connectivity index (χ3v) is 2.93. The zero-order chi connectivity index (χ0) is 16.9. The number of hydrogen-bond acceptors (Lipinski definition) is 9. The average molecular weight is 338 g/mol. The normalized spacial score (nSPS) is 24.0. The van der Waals surface area contributed by atoms with Crippen LogP contribution in [0.4, 0.5) is 5.69 Å².